The van der Waals surface area contributed by atoms with Crippen LogP contribution in [0.1, 0.15) is 31.0 Å². The van der Waals surface area contributed by atoms with Gasteiger partial charge in [-0.2, -0.15) is 0 Å². The summed E-state index contributed by atoms with van der Waals surface area (Å²) in [6.45, 7) is 5.43. The Morgan fingerprint density at radius 2 is 2.30 bits per heavy atom. The van der Waals surface area contributed by atoms with E-state index >= 15 is 0 Å². The van der Waals surface area contributed by atoms with Crippen LogP contribution in [0.15, 0.2) is 18.2 Å². The Bertz CT molecular complexity index is 710. The zero-order valence-electron chi connectivity index (χ0n) is 13.6. The molecule has 1 aromatic heterocycles. The molecule has 5 heteroatoms. The van der Waals surface area contributed by atoms with E-state index < -0.39 is 0 Å². The maximum Gasteiger partial charge on any atom is 0.224 e. The molecule has 2 heterocycles. The molecule has 23 heavy (non-hydrogen) atoms. The Kier molecular flexibility index (Phi) is 4.66. The number of benzene rings is 1. The number of aromatic amines is 1. The van der Waals surface area contributed by atoms with Gasteiger partial charge in [0.15, 0.2) is 0 Å². The number of ether oxygens (including phenoxy) is 1. The minimum absolute atomic E-state index is 0.0163. The first-order valence-corrected chi connectivity index (χ1v) is 8.18. The first kappa shape index (κ1) is 16.0. The fourth-order valence-electron chi connectivity index (χ4n) is 3.34. The number of fused-ring (bicyclic) bond motifs is 1. The van der Waals surface area contributed by atoms with E-state index in [9.17, 15) is 9.18 Å². The smallest absolute Gasteiger partial charge is 0.224 e. The summed E-state index contributed by atoms with van der Waals surface area (Å²) >= 11 is 0. The zero-order valence-corrected chi connectivity index (χ0v) is 13.6. The van der Waals surface area contributed by atoms with E-state index in [1.807, 2.05) is 6.92 Å². The number of carbonyl (C=O) groups is 1. The maximum absolute atomic E-state index is 13.5. The monoisotopic (exact) mass is 318 g/mol. The number of aromatic nitrogens is 1. The summed E-state index contributed by atoms with van der Waals surface area (Å²) < 4.78 is 19.0. The molecule has 4 nitrogen and oxygen atoms in total. The van der Waals surface area contributed by atoms with Gasteiger partial charge in [-0.15, -0.1) is 0 Å². The Hall–Kier alpha value is -1.88. The minimum Gasteiger partial charge on any atom is -0.378 e. The third kappa shape index (κ3) is 3.72. The highest BCUT2D eigenvalue weighted by Crippen LogP contribution is 2.24. The molecule has 0 aliphatic carbocycles. The average molecular weight is 318 g/mol. The Morgan fingerprint density at radius 1 is 1.48 bits per heavy atom. The summed E-state index contributed by atoms with van der Waals surface area (Å²) in [5.74, 6) is 0.177. The summed E-state index contributed by atoms with van der Waals surface area (Å²) in [5.41, 5.74) is 2.66. The van der Waals surface area contributed by atoms with Crippen LogP contribution in [-0.4, -0.2) is 30.1 Å². The molecule has 2 N–H and O–H groups in total. The number of aryl methyl sites for hydroxylation is 1. The second kappa shape index (κ2) is 6.71. The fraction of sp³-hybridized carbons (Fsp3) is 0.500. The van der Waals surface area contributed by atoms with Crippen molar-refractivity contribution < 1.29 is 13.9 Å². The molecular formula is C18H23FN2O2. The molecule has 1 aliphatic heterocycles. The predicted octanol–water partition coefficient (Wildman–Crippen LogP) is 3.09. The van der Waals surface area contributed by atoms with Crippen molar-refractivity contribution in [3.05, 3.63) is 35.3 Å². The molecule has 0 bridgehead atoms. The van der Waals surface area contributed by atoms with Crippen molar-refractivity contribution in [1.82, 2.24) is 10.3 Å². The van der Waals surface area contributed by atoms with E-state index in [1.165, 1.54) is 12.1 Å². The van der Waals surface area contributed by atoms with Crippen LogP contribution >= 0.6 is 0 Å². The summed E-state index contributed by atoms with van der Waals surface area (Å²) in [4.78, 5) is 15.5. The van der Waals surface area contributed by atoms with Crippen molar-refractivity contribution in [2.75, 3.05) is 13.2 Å². The second-order valence-corrected chi connectivity index (χ2v) is 6.47. The van der Waals surface area contributed by atoms with E-state index in [0.717, 1.165) is 41.6 Å². The van der Waals surface area contributed by atoms with Crippen LogP contribution in [0, 0.1) is 18.7 Å². The Morgan fingerprint density at radius 3 is 3.09 bits per heavy atom. The molecule has 1 aromatic carbocycles. The van der Waals surface area contributed by atoms with Crippen molar-refractivity contribution in [2.24, 2.45) is 5.92 Å². The van der Waals surface area contributed by atoms with Gasteiger partial charge in [0, 0.05) is 29.7 Å². The lowest BCUT2D eigenvalue weighted by atomic mass is 9.96. The largest absolute Gasteiger partial charge is 0.378 e. The van der Waals surface area contributed by atoms with Crippen LogP contribution in [0.3, 0.4) is 0 Å². The normalized spacial score (nSPS) is 21.5. The summed E-state index contributed by atoms with van der Waals surface area (Å²) in [5, 5.41) is 3.80. The molecule has 1 saturated heterocycles. The van der Waals surface area contributed by atoms with E-state index in [2.05, 4.69) is 17.2 Å². The van der Waals surface area contributed by atoms with Gasteiger partial charge < -0.3 is 15.0 Å². The molecule has 1 fully saturated rings. The van der Waals surface area contributed by atoms with Gasteiger partial charge in [-0.3, -0.25) is 4.79 Å². The van der Waals surface area contributed by atoms with Crippen molar-refractivity contribution in [1.29, 1.82) is 0 Å². The lowest BCUT2D eigenvalue weighted by Gasteiger charge is -2.27. The van der Waals surface area contributed by atoms with Gasteiger partial charge in [-0.05, 0) is 56.4 Å². The average Bonchev–Trinajstić information content (AvgIpc) is 2.81. The standard InChI is InChI=1S/C18H23FN2O2/c1-11-7-13(5-6-23-11)10-20-18(22)9-15-12(2)21-17-4-3-14(19)8-16(15)17/h3-4,8,11,13,21H,5-7,9-10H2,1-2H3,(H,20,22)/t11-,13-/m0/s1. The number of carbonyl (C=O) groups excluding carboxylic acids is 1. The molecule has 3 rings (SSSR count). The predicted molar refractivity (Wildman–Crippen MR) is 87.8 cm³/mol. The number of hydrogen-bond acceptors (Lipinski definition) is 2. The number of nitrogens with one attached hydrogen (secondary N) is 2. The number of H-pyrrole nitrogens is 1. The number of rotatable bonds is 4. The van der Waals surface area contributed by atoms with Crippen molar-refractivity contribution >= 4 is 16.8 Å². The highest BCUT2D eigenvalue weighted by molar-refractivity contribution is 5.90. The molecule has 0 spiro atoms. The molecule has 1 aliphatic rings. The molecule has 0 saturated carbocycles. The second-order valence-electron chi connectivity index (χ2n) is 6.47. The lowest BCUT2D eigenvalue weighted by molar-refractivity contribution is -0.120. The molecular weight excluding hydrogens is 295 g/mol. The van der Waals surface area contributed by atoms with Crippen LogP contribution < -0.4 is 5.32 Å². The van der Waals surface area contributed by atoms with Gasteiger partial charge in [-0.1, -0.05) is 0 Å². The van der Waals surface area contributed by atoms with Gasteiger partial charge in [0.25, 0.3) is 0 Å². The molecule has 1 amide bonds. The topological polar surface area (TPSA) is 54.1 Å². The van der Waals surface area contributed by atoms with Crippen LogP contribution in [0.5, 0.6) is 0 Å². The first-order valence-electron chi connectivity index (χ1n) is 8.18. The zero-order chi connectivity index (χ0) is 16.4. The molecule has 2 atom stereocenters. The van der Waals surface area contributed by atoms with Gasteiger partial charge in [0.05, 0.1) is 12.5 Å². The molecule has 2 aromatic rings. The molecule has 0 unspecified atom stereocenters. The minimum atomic E-state index is -0.283. The van der Waals surface area contributed by atoms with Crippen LogP contribution in [0.25, 0.3) is 10.9 Å². The first-order chi connectivity index (χ1) is 11.0. The number of amides is 1. The summed E-state index contributed by atoms with van der Waals surface area (Å²) in [7, 11) is 0. The quantitative estimate of drug-likeness (QED) is 0.910. The van der Waals surface area contributed by atoms with Crippen LogP contribution in [0.2, 0.25) is 0 Å². The molecule has 0 radical (unpaired) electrons. The van der Waals surface area contributed by atoms with Crippen molar-refractivity contribution in [3.8, 4) is 0 Å². The van der Waals surface area contributed by atoms with Crippen molar-refractivity contribution in [2.45, 2.75) is 39.2 Å². The van der Waals surface area contributed by atoms with E-state index in [1.54, 1.807) is 6.07 Å². The van der Waals surface area contributed by atoms with Gasteiger partial charge in [-0.25, -0.2) is 4.39 Å². The summed E-state index contributed by atoms with van der Waals surface area (Å²) in [6.07, 6.45) is 2.51. The fourth-order valence-corrected chi connectivity index (χ4v) is 3.34. The van der Waals surface area contributed by atoms with E-state index in [4.69, 9.17) is 4.74 Å². The van der Waals surface area contributed by atoms with Gasteiger partial charge in [0.1, 0.15) is 5.82 Å². The third-order valence-electron chi connectivity index (χ3n) is 4.60. The van der Waals surface area contributed by atoms with Crippen molar-refractivity contribution in [3.63, 3.8) is 0 Å². The van der Waals surface area contributed by atoms with Crippen LogP contribution in [-0.2, 0) is 16.0 Å². The van der Waals surface area contributed by atoms with Gasteiger partial charge in [0.2, 0.25) is 5.91 Å². The third-order valence-corrected chi connectivity index (χ3v) is 4.60. The number of halogens is 1. The Balaban J connectivity index is 1.63. The lowest BCUT2D eigenvalue weighted by Crippen LogP contribution is -2.35. The Labute approximate surface area is 135 Å². The highest BCUT2D eigenvalue weighted by atomic mass is 19.1. The maximum atomic E-state index is 13.5. The van der Waals surface area contributed by atoms with E-state index in [-0.39, 0.29) is 24.2 Å². The summed E-state index contributed by atoms with van der Waals surface area (Å²) in [6, 6.07) is 4.62. The molecule has 124 valence electrons. The number of hydrogen-bond donors (Lipinski definition) is 2. The van der Waals surface area contributed by atoms with E-state index in [0.29, 0.717) is 12.5 Å². The van der Waals surface area contributed by atoms with Gasteiger partial charge >= 0.3 is 0 Å². The highest BCUT2D eigenvalue weighted by Gasteiger charge is 2.20. The SMILES string of the molecule is Cc1[nH]c2ccc(F)cc2c1CC(=O)NC[C@H]1CCO[C@@H](C)C1. The van der Waals surface area contributed by atoms with Crippen LogP contribution in [0.4, 0.5) is 4.39 Å².